The number of hydrogen-bond acceptors (Lipinski definition) is 7. The molecule has 1 aliphatic heterocycles. The van der Waals surface area contributed by atoms with Crippen LogP contribution in [0.2, 0.25) is 0 Å². The van der Waals surface area contributed by atoms with E-state index in [9.17, 15) is 10.2 Å². The molecule has 160 valence electrons. The predicted octanol–water partition coefficient (Wildman–Crippen LogP) is 3.01. The summed E-state index contributed by atoms with van der Waals surface area (Å²) < 4.78 is 6.95. The summed E-state index contributed by atoms with van der Waals surface area (Å²) in [6, 6.07) is 11.1. The second-order valence-corrected chi connectivity index (χ2v) is 7.61. The number of nitrogens with one attached hydrogen (secondary N) is 1. The molecule has 5 rings (SSSR count). The van der Waals surface area contributed by atoms with Gasteiger partial charge in [0.1, 0.15) is 5.75 Å². The minimum atomic E-state index is -0.241. The molecule has 2 aromatic carbocycles. The van der Waals surface area contributed by atoms with Gasteiger partial charge in [0.25, 0.3) is 0 Å². The van der Waals surface area contributed by atoms with Gasteiger partial charge in [-0.2, -0.15) is 5.10 Å². The average Bonchev–Trinajstić information content (AvgIpc) is 3.37. The van der Waals surface area contributed by atoms with Crippen molar-refractivity contribution in [1.82, 2.24) is 25.0 Å². The highest BCUT2D eigenvalue weighted by atomic mass is 16.5. The van der Waals surface area contributed by atoms with Crippen LogP contribution in [0.25, 0.3) is 28.0 Å². The fraction of sp³-hybridized carbons (Fsp3) is 0.318. The first kappa shape index (κ1) is 19.4. The summed E-state index contributed by atoms with van der Waals surface area (Å²) in [5.41, 5.74) is 3.97. The van der Waals surface area contributed by atoms with E-state index in [1.807, 2.05) is 30.3 Å². The molecule has 9 heteroatoms. The molecule has 1 saturated heterocycles. The van der Waals surface area contributed by atoms with Crippen molar-refractivity contribution in [3.05, 3.63) is 42.1 Å². The maximum Gasteiger partial charge on any atom is 0.319 e. The highest BCUT2D eigenvalue weighted by Crippen LogP contribution is 2.36. The predicted molar refractivity (Wildman–Crippen MR) is 117 cm³/mol. The number of morpholine rings is 1. The molecule has 3 N–H and O–H groups in total. The lowest BCUT2D eigenvalue weighted by atomic mass is 10.1. The van der Waals surface area contributed by atoms with E-state index in [-0.39, 0.29) is 11.8 Å². The second kappa shape index (κ2) is 7.92. The van der Waals surface area contributed by atoms with Crippen LogP contribution >= 0.6 is 0 Å². The summed E-state index contributed by atoms with van der Waals surface area (Å²) in [7, 11) is 0. The number of rotatable bonds is 5. The first-order valence-corrected chi connectivity index (χ1v) is 10.4. The number of aromatic nitrogens is 5. The number of H-pyrrole nitrogens is 1. The molecule has 1 fully saturated rings. The number of ether oxygens (including phenoxy) is 1. The third kappa shape index (κ3) is 3.46. The quantitative estimate of drug-likeness (QED) is 0.455. The highest BCUT2D eigenvalue weighted by Gasteiger charge is 2.20. The highest BCUT2D eigenvalue weighted by molar-refractivity contribution is 5.89. The third-order valence-corrected chi connectivity index (χ3v) is 5.62. The van der Waals surface area contributed by atoms with Crippen LogP contribution in [0, 0.1) is 0 Å². The molecule has 0 atom stereocenters. The van der Waals surface area contributed by atoms with Crippen molar-refractivity contribution in [3.8, 4) is 28.8 Å². The molecule has 0 amide bonds. The molecular weight excluding hydrogens is 396 g/mol. The normalized spacial score (nSPS) is 14.4. The zero-order valence-electron chi connectivity index (χ0n) is 17.2. The number of nitrogens with zero attached hydrogens (tertiary/aromatic N) is 5. The molecule has 1 aliphatic rings. The Kier molecular flexibility index (Phi) is 4.95. The van der Waals surface area contributed by atoms with Crippen molar-refractivity contribution in [1.29, 1.82) is 0 Å². The molecule has 4 aromatic rings. The number of aryl methyl sites for hydroxylation is 1. The molecule has 0 unspecified atom stereocenters. The first-order chi connectivity index (χ1) is 15.2. The Morgan fingerprint density at radius 3 is 2.52 bits per heavy atom. The van der Waals surface area contributed by atoms with Gasteiger partial charge in [0.2, 0.25) is 0 Å². The summed E-state index contributed by atoms with van der Waals surface area (Å²) in [6.07, 6.45) is 1.79. The minimum Gasteiger partial charge on any atom is -0.507 e. The van der Waals surface area contributed by atoms with Crippen molar-refractivity contribution >= 4 is 16.6 Å². The Labute approximate surface area is 178 Å². The van der Waals surface area contributed by atoms with E-state index in [0.717, 1.165) is 48.2 Å². The summed E-state index contributed by atoms with van der Waals surface area (Å²) in [5.74, 6) is 0.400. The van der Waals surface area contributed by atoms with Gasteiger partial charge < -0.3 is 19.8 Å². The number of phenolic OH excluding ortho intramolecular Hbond substituents is 1. The van der Waals surface area contributed by atoms with Gasteiger partial charge in [-0.25, -0.2) is 4.57 Å². The molecular formula is C22H24N6O3. The van der Waals surface area contributed by atoms with E-state index >= 15 is 0 Å². The molecule has 3 heterocycles. The zero-order valence-corrected chi connectivity index (χ0v) is 17.2. The van der Waals surface area contributed by atoms with Crippen LogP contribution in [-0.2, 0) is 11.2 Å². The second-order valence-electron chi connectivity index (χ2n) is 7.61. The largest absolute Gasteiger partial charge is 0.507 e. The van der Waals surface area contributed by atoms with Crippen LogP contribution in [0.15, 0.2) is 36.4 Å². The zero-order chi connectivity index (χ0) is 21.4. The summed E-state index contributed by atoms with van der Waals surface area (Å²) >= 11 is 0. The summed E-state index contributed by atoms with van der Waals surface area (Å²) in [4.78, 5) is 2.26. The fourth-order valence-corrected chi connectivity index (χ4v) is 4.04. The number of hydrogen-bond donors (Lipinski definition) is 3. The standard InChI is InChI=1S/C22H24N6O3/c1-2-3-18-16-12-17(20(29)13-19(16)24-23-18)21-25-26-22(30)28(21)15-6-4-14(5-7-15)27-8-10-31-11-9-27/h4-7,12-13,29H,2-3,8-11H2,1H3,(H,23,24)(H,26,30). The Morgan fingerprint density at radius 1 is 1.03 bits per heavy atom. The number of aromatic hydroxyl groups is 2. The lowest BCUT2D eigenvalue weighted by Crippen LogP contribution is -2.36. The van der Waals surface area contributed by atoms with Crippen LogP contribution in [0.4, 0.5) is 5.69 Å². The fourth-order valence-electron chi connectivity index (χ4n) is 4.04. The van der Waals surface area contributed by atoms with Crippen molar-refractivity contribution < 1.29 is 14.9 Å². The smallest absolute Gasteiger partial charge is 0.319 e. The Hall–Kier alpha value is -3.59. The van der Waals surface area contributed by atoms with Gasteiger partial charge in [-0.3, -0.25) is 5.10 Å². The molecule has 0 radical (unpaired) electrons. The molecule has 0 aliphatic carbocycles. The lowest BCUT2D eigenvalue weighted by Gasteiger charge is -2.29. The van der Waals surface area contributed by atoms with Gasteiger partial charge in [0.05, 0.1) is 35.7 Å². The van der Waals surface area contributed by atoms with Crippen LogP contribution < -0.4 is 4.90 Å². The van der Waals surface area contributed by atoms with E-state index in [1.165, 1.54) is 4.57 Å². The van der Waals surface area contributed by atoms with Crippen LogP contribution in [-0.4, -0.2) is 61.5 Å². The number of phenols is 1. The van der Waals surface area contributed by atoms with E-state index in [4.69, 9.17) is 4.74 Å². The number of benzene rings is 2. The molecule has 0 bridgehead atoms. The van der Waals surface area contributed by atoms with E-state index in [2.05, 4.69) is 32.2 Å². The van der Waals surface area contributed by atoms with Crippen LogP contribution in [0.3, 0.4) is 0 Å². The molecule has 9 nitrogen and oxygen atoms in total. The van der Waals surface area contributed by atoms with E-state index < -0.39 is 0 Å². The van der Waals surface area contributed by atoms with E-state index in [1.54, 1.807) is 6.07 Å². The molecule has 2 aromatic heterocycles. The lowest BCUT2D eigenvalue weighted by molar-refractivity contribution is 0.122. The van der Waals surface area contributed by atoms with E-state index in [0.29, 0.717) is 30.3 Å². The monoisotopic (exact) mass is 420 g/mol. The van der Waals surface area contributed by atoms with Crippen molar-refractivity contribution in [2.24, 2.45) is 0 Å². The summed E-state index contributed by atoms with van der Waals surface area (Å²) in [5, 5.41) is 37.3. The minimum absolute atomic E-state index is 0.0396. The Morgan fingerprint density at radius 2 is 1.77 bits per heavy atom. The van der Waals surface area contributed by atoms with Gasteiger partial charge in [-0.05, 0) is 36.8 Å². The number of aromatic amines is 1. The molecule has 0 saturated carbocycles. The van der Waals surface area contributed by atoms with Gasteiger partial charge in [0, 0.05) is 30.2 Å². The Bertz CT molecular complexity index is 1210. The maximum absolute atomic E-state index is 10.7. The van der Waals surface area contributed by atoms with Crippen LogP contribution in [0.5, 0.6) is 11.8 Å². The SMILES string of the molecule is CCCc1n[nH]c2cc(O)c(-c3nnc(O)n3-c3ccc(N4CCOCC4)cc3)cc12. The molecule has 31 heavy (non-hydrogen) atoms. The van der Waals surface area contributed by atoms with Crippen LogP contribution in [0.1, 0.15) is 19.0 Å². The molecule has 0 spiro atoms. The Balaban J connectivity index is 1.56. The van der Waals surface area contributed by atoms with Gasteiger partial charge in [0.15, 0.2) is 5.82 Å². The number of anilines is 1. The first-order valence-electron chi connectivity index (χ1n) is 10.4. The van der Waals surface area contributed by atoms with Gasteiger partial charge in [-0.15, -0.1) is 5.10 Å². The number of fused-ring (bicyclic) bond motifs is 1. The van der Waals surface area contributed by atoms with Crippen molar-refractivity contribution in [3.63, 3.8) is 0 Å². The van der Waals surface area contributed by atoms with Crippen molar-refractivity contribution in [2.75, 3.05) is 31.2 Å². The maximum atomic E-state index is 10.7. The van der Waals surface area contributed by atoms with Gasteiger partial charge in [-0.1, -0.05) is 18.4 Å². The third-order valence-electron chi connectivity index (χ3n) is 5.62. The topological polar surface area (TPSA) is 112 Å². The average molecular weight is 420 g/mol. The summed E-state index contributed by atoms with van der Waals surface area (Å²) in [6.45, 7) is 5.22. The van der Waals surface area contributed by atoms with Crippen molar-refractivity contribution in [2.45, 2.75) is 19.8 Å². The van der Waals surface area contributed by atoms with Gasteiger partial charge >= 0.3 is 6.01 Å².